The quantitative estimate of drug-likeness (QED) is 0.270. The van der Waals surface area contributed by atoms with Gasteiger partial charge in [0, 0.05) is 69.9 Å². The highest BCUT2D eigenvalue weighted by atomic mass is 16.3. The summed E-state index contributed by atoms with van der Waals surface area (Å²) in [5, 5.41) is 10.2. The lowest BCUT2D eigenvalue weighted by atomic mass is 9.69. The number of aryl methyl sites for hydroxylation is 1. The van der Waals surface area contributed by atoms with E-state index in [0.29, 0.717) is 30.2 Å². The van der Waals surface area contributed by atoms with Crippen LogP contribution in [0.15, 0.2) is 91.0 Å². The van der Waals surface area contributed by atoms with E-state index in [1.165, 1.54) is 40.6 Å². The predicted molar refractivity (Wildman–Crippen MR) is 189 cm³/mol. The van der Waals surface area contributed by atoms with Gasteiger partial charge in [0.25, 0.3) is 11.8 Å². The lowest BCUT2D eigenvalue weighted by molar-refractivity contribution is -0.150. The monoisotopic (exact) mass is 654 g/mol. The first-order valence-corrected chi connectivity index (χ1v) is 17.5. The number of amides is 3. The molecule has 3 amide bonds. The smallest absolute Gasteiger partial charge is 0.255 e. The summed E-state index contributed by atoms with van der Waals surface area (Å²) in [6.45, 7) is 4.97. The van der Waals surface area contributed by atoms with Gasteiger partial charge in [0.1, 0.15) is 11.8 Å². The molecule has 4 aliphatic rings. The molecule has 0 spiro atoms. The van der Waals surface area contributed by atoms with Crippen LogP contribution in [0.25, 0.3) is 0 Å². The van der Waals surface area contributed by atoms with Gasteiger partial charge in [0.2, 0.25) is 5.91 Å². The van der Waals surface area contributed by atoms with Gasteiger partial charge in [-0.15, -0.1) is 0 Å². The van der Waals surface area contributed by atoms with Gasteiger partial charge in [0.05, 0.1) is 0 Å². The van der Waals surface area contributed by atoms with Crippen molar-refractivity contribution in [3.05, 3.63) is 130 Å². The second-order valence-corrected chi connectivity index (χ2v) is 14.0. The number of hydrogen-bond acceptors (Lipinski definition) is 6. The van der Waals surface area contributed by atoms with Gasteiger partial charge >= 0.3 is 0 Å². The highest BCUT2D eigenvalue weighted by Gasteiger charge is 2.41. The first kappa shape index (κ1) is 31.3. The minimum absolute atomic E-state index is 0.120. The molecule has 3 heterocycles. The molecule has 1 aliphatic carbocycles. The first-order chi connectivity index (χ1) is 23.8. The fraction of sp³-hybridized carbons (Fsp3) is 0.341. The average Bonchev–Trinajstić information content (AvgIpc) is 3.45. The molecule has 4 aromatic carbocycles. The number of nitrogens with zero attached hydrogens (tertiary/aromatic N) is 4. The van der Waals surface area contributed by atoms with E-state index in [4.69, 9.17) is 0 Å². The summed E-state index contributed by atoms with van der Waals surface area (Å²) >= 11 is 0. The van der Waals surface area contributed by atoms with Crippen LogP contribution in [-0.2, 0) is 29.1 Å². The van der Waals surface area contributed by atoms with Crippen molar-refractivity contribution in [3.8, 4) is 5.75 Å². The number of fused-ring (bicyclic) bond motifs is 2. The maximum absolute atomic E-state index is 13.2. The van der Waals surface area contributed by atoms with Crippen LogP contribution in [0, 0.1) is 0 Å². The molecule has 8 rings (SSSR count). The molecule has 4 aromatic rings. The molecular formula is C41H42N4O4. The Bertz CT molecular complexity index is 1900. The average molecular weight is 655 g/mol. The molecule has 2 saturated heterocycles. The van der Waals surface area contributed by atoms with Crippen molar-refractivity contribution in [2.24, 2.45) is 0 Å². The van der Waals surface area contributed by atoms with E-state index in [1.807, 2.05) is 24.3 Å². The Morgan fingerprint density at radius 3 is 2.31 bits per heavy atom. The molecule has 2 fully saturated rings. The Hall–Kier alpha value is -4.95. The van der Waals surface area contributed by atoms with E-state index in [0.717, 1.165) is 56.0 Å². The van der Waals surface area contributed by atoms with Crippen LogP contribution in [-0.4, -0.2) is 76.8 Å². The normalized spacial score (nSPS) is 22.8. The van der Waals surface area contributed by atoms with Crippen molar-refractivity contribution in [1.29, 1.82) is 0 Å². The number of carbonyl (C=O) groups is 3. The topological polar surface area (TPSA) is 84.4 Å². The maximum atomic E-state index is 13.2. The maximum Gasteiger partial charge on any atom is 0.255 e. The van der Waals surface area contributed by atoms with Crippen LogP contribution < -0.4 is 4.90 Å². The van der Waals surface area contributed by atoms with Gasteiger partial charge in [-0.3, -0.25) is 24.2 Å². The zero-order valence-corrected chi connectivity index (χ0v) is 27.9. The lowest BCUT2D eigenvalue weighted by Crippen LogP contribution is -2.53. The summed E-state index contributed by atoms with van der Waals surface area (Å²) in [6, 6.07) is 31.4. The van der Waals surface area contributed by atoms with Crippen molar-refractivity contribution in [2.45, 2.75) is 56.7 Å². The number of carbonyl (C=O) groups excluding carboxylic acids is 3. The van der Waals surface area contributed by atoms with Gasteiger partial charge in [0.15, 0.2) is 0 Å². The molecule has 1 unspecified atom stereocenters. The van der Waals surface area contributed by atoms with Crippen LogP contribution in [0.4, 0.5) is 5.69 Å². The summed E-state index contributed by atoms with van der Waals surface area (Å²) in [7, 11) is 1.50. The van der Waals surface area contributed by atoms with Gasteiger partial charge < -0.3 is 14.9 Å². The number of imide groups is 1. The molecule has 1 N–H and O–H groups in total. The number of phenolic OH excluding ortho intramolecular Hbond substituents is 1. The van der Waals surface area contributed by atoms with Crippen LogP contribution in [0.2, 0.25) is 0 Å². The lowest BCUT2D eigenvalue weighted by Gasteiger charge is -2.37. The number of aromatic hydroxyl groups is 1. The Morgan fingerprint density at radius 2 is 1.53 bits per heavy atom. The standard InChI is InChI=1S/C41H42N4O4/c1-42-38(47)18-17-37(41(42)49)45-26-31-23-27(7-14-36(31)40(45)48)25-43-19-21-44(22-20-43)32-11-8-29(9-12-32)39-34(28-5-3-2-4-6-28)15-10-30-24-33(46)13-16-35(30)39/h2-9,11-14,16,23-24,34,37,39,46H,10,15,17-22,25-26H2,1H3/t34-,37?,39+/m1/s1. The number of benzene rings is 4. The molecule has 8 nitrogen and oxygen atoms in total. The van der Waals surface area contributed by atoms with Crippen molar-refractivity contribution >= 4 is 23.4 Å². The van der Waals surface area contributed by atoms with Crippen LogP contribution in [0.5, 0.6) is 5.75 Å². The summed E-state index contributed by atoms with van der Waals surface area (Å²) in [6.07, 6.45) is 2.68. The third-order valence-corrected chi connectivity index (χ3v) is 11.2. The molecule has 0 aromatic heterocycles. The van der Waals surface area contributed by atoms with E-state index in [2.05, 4.69) is 76.5 Å². The second-order valence-electron chi connectivity index (χ2n) is 14.0. The number of phenols is 1. The van der Waals surface area contributed by atoms with Crippen LogP contribution in [0.1, 0.15) is 74.8 Å². The van der Waals surface area contributed by atoms with E-state index in [1.54, 1.807) is 4.90 Å². The Labute approximate surface area is 287 Å². The molecule has 49 heavy (non-hydrogen) atoms. The molecule has 3 atom stereocenters. The van der Waals surface area contributed by atoms with Crippen LogP contribution >= 0.6 is 0 Å². The second kappa shape index (κ2) is 12.8. The summed E-state index contributed by atoms with van der Waals surface area (Å²) in [4.78, 5) is 45.7. The minimum atomic E-state index is -0.577. The number of likely N-dealkylation sites (tertiary alicyclic amines) is 1. The molecule has 0 saturated carbocycles. The molecule has 0 radical (unpaired) electrons. The molecule has 0 bridgehead atoms. The summed E-state index contributed by atoms with van der Waals surface area (Å²) < 4.78 is 0. The third kappa shape index (κ3) is 5.88. The highest BCUT2D eigenvalue weighted by molar-refractivity contribution is 6.05. The zero-order chi connectivity index (χ0) is 33.6. The van der Waals surface area contributed by atoms with Crippen LogP contribution in [0.3, 0.4) is 0 Å². The fourth-order valence-corrected chi connectivity index (χ4v) is 8.53. The molecule has 250 valence electrons. The van der Waals surface area contributed by atoms with Gasteiger partial charge in [-0.2, -0.15) is 0 Å². The fourth-order valence-electron chi connectivity index (χ4n) is 8.53. The first-order valence-electron chi connectivity index (χ1n) is 17.5. The third-order valence-electron chi connectivity index (χ3n) is 11.2. The summed E-state index contributed by atoms with van der Waals surface area (Å²) in [5.74, 6) is 0.362. The van der Waals surface area contributed by atoms with E-state index < -0.39 is 6.04 Å². The number of piperidine rings is 1. The number of likely N-dealkylation sites (N-methyl/N-ethyl adjacent to an activating group) is 1. The highest BCUT2D eigenvalue weighted by Crippen LogP contribution is 2.47. The number of rotatable bonds is 6. The molecule has 3 aliphatic heterocycles. The number of anilines is 1. The van der Waals surface area contributed by atoms with Crippen molar-refractivity contribution in [3.63, 3.8) is 0 Å². The predicted octanol–water partition coefficient (Wildman–Crippen LogP) is 5.68. The zero-order valence-electron chi connectivity index (χ0n) is 27.9. The van der Waals surface area contributed by atoms with E-state index in [9.17, 15) is 19.5 Å². The van der Waals surface area contributed by atoms with Gasteiger partial charge in [-0.05, 0) is 88.9 Å². The van der Waals surface area contributed by atoms with Gasteiger partial charge in [-0.25, -0.2) is 0 Å². The number of piperazine rings is 1. The van der Waals surface area contributed by atoms with Crippen molar-refractivity contribution in [2.75, 3.05) is 38.1 Å². The largest absolute Gasteiger partial charge is 0.508 e. The van der Waals surface area contributed by atoms with Crippen molar-refractivity contribution in [1.82, 2.24) is 14.7 Å². The van der Waals surface area contributed by atoms with Crippen molar-refractivity contribution < 1.29 is 19.5 Å². The van der Waals surface area contributed by atoms with Gasteiger partial charge in [-0.1, -0.05) is 60.7 Å². The number of hydrogen-bond donors (Lipinski definition) is 1. The molecular weight excluding hydrogens is 612 g/mol. The van der Waals surface area contributed by atoms with E-state index in [-0.39, 0.29) is 30.1 Å². The SMILES string of the molecule is CN1C(=O)CCC(N2Cc3cc(CN4CCN(c5ccc([C@@H]6c7ccc(O)cc7CC[C@@H]6c6ccccc6)cc5)CC4)ccc3C2=O)C1=O. The minimum Gasteiger partial charge on any atom is -0.508 e. The Kier molecular flexibility index (Phi) is 8.20. The molecule has 8 heteroatoms. The summed E-state index contributed by atoms with van der Waals surface area (Å²) in [5.41, 5.74) is 9.26. The Morgan fingerprint density at radius 1 is 0.755 bits per heavy atom. The Balaban J connectivity index is 0.917. The van der Waals surface area contributed by atoms with E-state index >= 15 is 0 Å².